The van der Waals surface area contributed by atoms with Crippen LogP contribution >= 0.6 is 11.3 Å². The number of ether oxygens (including phenoxy) is 1. The first-order valence-corrected chi connectivity index (χ1v) is 10.6. The van der Waals surface area contributed by atoms with E-state index in [-0.39, 0.29) is 17.3 Å². The van der Waals surface area contributed by atoms with Crippen molar-refractivity contribution in [1.29, 1.82) is 0 Å². The number of nitrogen functional groups attached to an aromatic ring is 1. The van der Waals surface area contributed by atoms with Crippen LogP contribution in [-0.2, 0) is 0 Å². The molecule has 0 fully saturated rings. The Hall–Kier alpha value is -4.06. The molecular weight excluding hydrogens is 432 g/mol. The Kier molecular flexibility index (Phi) is 6.22. The number of thiophene rings is 1. The predicted molar refractivity (Wildman–Crippen MR) is 119 cm³/mol. The molecule has 12 heteroatoms. The molecule has 1 amide bonds. The van der Waals surface area contributed by atoms with Gasteiger partial charge in [0, 0.05) is 10.4 Å². The summed E-state index contributed by atoms with van der Waals surface area (Å²) in [5, 5.41) is 21.6. The van der Waals surface area contributed by atoms with Gasteiger partial charge in [0.2, 0.25) is 11.6 Å². The minimum atomic E-state index is -0.538. The molecule has 1 aromatic carbocycles. The number of aromatic nitrogens is 5. The van der Waals surface area contributed by atoms with Gasteiger partial charge in [0.05, 0.1) is 12.3 Å². The fourth-order valence-electron chi connectivity index (χ4n) is 2.84. The van der Waals surface area contributed by atoms with Crippen molar-refractivity contribution >= 4 is 28.8 Å². The lowest BCUT2D eigenvalue weighted by atomic mass is 10.1. The molecule has 0 aliphatic rings. The van der Waals surface area contributed by atoms with E-state index in [1.54, 1.807) is 31.2 Å². The minimum Gasteiger partial charge on any atom is -0.494 e. The van der Waals surface area contributed by atoms with Gasteiger partial charge in [0.15, 0.2) is 5.69 Å². The number of nitrogens with zero attached hydrogens (tertiary/aromatic N) is 6. The number of anilines is 1. The molecule has 4 rings (SSSR count). The van der Waals surface area contributed by atoms with Crippen molar-refractivity contribution in [2.45, 2.75) is 20.3 Å². The SMILES string of the molecule is CCCOc1ccc(-c2c(C(=O)N/N=C(\C)c3cccs3)nnn2-c2nonc2N)cc1. The largest absolute Gasteiger partial charge is 0.494 e. The van der Waals surface area contributed by atoms with Crippen LogP contribution in [0.1, 0.15) is 35.6 Å². The molecule has 0 unspecified atom stereocenters. The molecule has 0 radical (unpaired) electrons. The number of hydrogen-bond acceptors (Lipinski definition) is 10. The Labute approximate surface area is 186 Å². The van der Waals surface area contributed by atoms with Crippen LogP contribution in [0.5, 0.6) is 5.75 Å². The van der Waals surface area contributed by atoms with Crippen LogP contribution in [0.15, 0.2) is 51.5 Å². The second kappa shape index (κ2) is 9.39. The smallest absolute Gasteiger partial charge is 0.294 e. The summed E-state index contributed by atoms with van der Waals surface area (Å²) in [6, 6.07) is 11.0. The maximum atomic E-state index is 12.9. The number of nitrogens with two attached hydrogens (primary N) is 1. The molecule has 3 heterocycles. The third-order valence-electron chi connectivity index (χ3n) is 4.39. The van der Waals surface area contributed by atoms with Gasteiger partial charge in [0.25, 0.3) is 5.91 Å². The quantitative estimate of drug-likeness (QED) is 0.306. The van der Waals surface area contributed by atoms with Crippen LogP contribution in [-0.4, -0.2) is 43.5 Å². The zero-order valence-corrected chi connectivity index (χ0v) is 18.2. The van der Waals surface area contributed by atoms with E-state index in [2.05, 4.69) is 35.8 Å². The van der Waals surface area contributed by atoms with Crippen molar-refractivity contribution in [1.82, 2.24) is 30.7 Å². The second-order valence-corrected chi connectivity index (χ2v) is 7.61. The average Bonchev–Trinajstić information content (AvgIpc) is 3.56. The Morgan fingerprint density at radius 1 is 1.28 bits per heavy atom. The molecule has 4 aromatic rings. The van der Waals surface area contributed by atoms with Crippen molar-refractivity contribution < 1.29 is 14.2 Å². The first-order chi connectivity index (χ1) is 15.6. The molecule has 32 heavy (non-hydrogen) atoms. The molecular formula is C20H20N8O3S. The molecule has 0 bridgehead atoms. The fourth-order valence-corrected chi connectivity index (χ4v) is 3.51. The van der Waals surface area contributed by atoms with E-state index in [0.29, 0.717) is 29.3 Å². The Morgan fingerprint density at radius 2 is 2.09 bits per heavy atom. The first-order valence-electron chi connectivity index (χ1n) is 9.74. The summed E-state index contributed by atoms with van der Waals surface area (Å²) in [5.41, 5.74) is 10.1. The number of benzene rings is 1. The van der Waals surface area contributed by atoms with Gasteiger partial charge < -0.3 is 10.5 Å². The number of amides is 1. The Bertz CT molecular complexity index is 1230. The molecule has 0 aliphatic carbocycles. The standard InChI is InChI=1S/C20H20N8O3S/c1-3-10-30-14-8-6-13(7-9-14)17-16(23-27-28(17)19-18(21)25-31-26-19)20(29)24-22-12(2)15-5-4-11-32-15/h4-9,11H,3,10H2,1-2H3,(H2,21,25)(H,24,29)/b22-12+. The predicted octanol–water partition coefficient (Wildman–Crippen LogP) is 2.90. The molecule has 11 nitrogen and oxygen atoms in total. The van der Waals surface area contributed by atoms with Gasteiger partial charge in [-0.3, -0.25) is 4.79 Å². The highest BCUT2D eigenvalue weighted by atomic mass is 32.1. The number of hydrogen-bond donors (Lipinski definition) is 2. The van der Waals surface area contributed by atoms with Crippen LogP contribution in [0.25, 0.3) is 17.1 Å². The number of nitrogens with one attached hydrogen (secondary N) is 1. The van der Waals surface area contributed by atoms with E-state index >= 15 is 0 Å². The number of carbonyl (C=O) groups is 1. The van der Waals surface area contributed by atoms with Crippen molar-refractivity contribution in [2.75, 3.05) is 12.3 Å². The molecule has 3 N–H and O–H groups in total. The second-order valence-electron chi connectivity index (χ2n) is 6.66. The summed E-state index contributed by atoms with van der Waals surface area (Å²) < 4.78 is 11.6. The van der Waals surface area contributed by atoms with E-state index in [1.807, 2.05) is 24.4 Å². The lowest BCUT2D eigenvalue weighted by molar-refractivity contribution is 0.0950. The van der Waals surface area contributed by atoms with Crippen molar-refractivity contribution in [3.05, 3.63) is 52.3 Å². The molecule has 164 valence electrons. The van der Waals surface area contributed by atoms with Gasteiger partial charge in [-0.15, -0.1) is 16.4 Å². The number of rotatable bonds is 8. The summed E-state index contributed by atoms with van der Waals surface area (Å²) in [6.45, 7) is 4.44. The maximum Gasteiger partial charge on any atom is 0.294 e. The van der Waals surface area contributed by atoms with Gasteiger partial charge in [-0.25, -0.2) is 10.1 Å². The van der Waals surface area contributed by atoms with Gasteiger partial charge in [-0.2, -0.15) is 9.78 Å². The van der Waals surface area contributed by atoms with Crippen molar-refractivity contribution in [2.24, 2.45) is 5.10 Å². The van der Waals surface area contributed by atoms with Crippen molar-refractivity contribution in [3.63, 3.8) is 0 Å². The minimum absolute atomic E-state index is 0.0116. The monoisotopic (exact) mass is 452 g/mol. The summed E-state index contributed by atoms with van der Waals surface area (Å²) >= 11 is 1.52. The van der Waals surface area contributed by atoms with Gasteiger partial charge in [-0.1, -0.05) is 18.2 Å². The Balaban J connectivity index is 1.70. The zero-order chi connectivity index (χ0) is 22.5. The molecule has 3 aromatic heterocycles. The van der Waals surface area contributed by atoms with Crippen LogP contribution < -0.4 is 15.9 Å². The van der Waals surface area contributed by atoms with E-state index < -0.39 is 5.91 Å². The fraction of sp³-hybridized carbons (Fsp3) is 0.200. The highest BCUT2D eigenvalue weighted by molar-refractivity contribution is 7.12. The van der Waals surface area contributed by atoms with Gasteiger partial charge >= 0.3 is 0 Å². The third kappa shape index (κ3) is 4.34. The lowest BCUT2D eigenvalue weighted by Gasteiger charge is -2.08. The van der Waals surface area contributed by atoms with E-state index in [1.165, 1.54) is 16.0 Å². The normalized spacial score (nSPS) is 11.5. The van der Waals surface area contributed by atoms with Crippen LogP contribution in [0, 0.1) is 0 Å². The van der Waals surface area contributed by atoms with Crippen molar-refractivity contribution in [3.8, 4) is 22.8 Å². The Morgan fingerprint density at radius 3 is 2.75 bits per heavy atom. The number of hydrazone groups is 1. The summed E-state index contributed by atoms with van der Waals surface area (Å²) in [7, 11) is 0. The summed E-state index contributed by atoms with van der Waals surface area (Å²) in [4.78, 5) is 13.9. The van der Waals surface area contributed by atoms with E-state index in [0.717, 1.165) is 11.3 Å². The van der Waals surface area contributed by atoms with E-state index in [9.17, 15) is 4.79 Å². The highest BCUT2D eigenvalue weighted by Crippen LogP contribution is 2.28. The van der Waals surface area contributed by atoms with Crippen LogP contribution in [0.3, 0.4) is 0 Å². The molecule has 0 saturated heterocycles. The third-order valence-corrected chi connectivity index (χ3v) is 5.36. The van der Waals surface area contributed by atoms with Gasteiger partial charge in [0.1, 0.15) is 11.4 Å². The molecule has 0 saturated carbocycles. The summed E-state index contributed by atoms with van der Waals surface area (Å²) in [5.74, 6) is 0.302. The number of carbonyl (C=O) groups excluding carboxylic acids is 1. The molecule has 0 aliphatic heterocycles. The average molecular weight is 453 g/mol. The maximum absolute atomic E-state index is 12.9. The van der Waals surface area contributed by atoms with Crippen LogP contribution in [0.2, 0.25) is 0 Å². The lowest BCUT2D eigenvalue weighted by Crippen LogP contribution is -2.20. The molecule has 0 spiro atoms. The topological polar surface area (TPSA) is 146 Å². The van der Waals surface area contributed by atoms with E-state index in [4.69, 9.17) is 10.5 Å². The first kappa shape index (κ1) is 21.2. The summed E-state index contributed by atoms with van der Waals surface area (Å²) in [6.07, 6.45) is 0.895. The highest BCUT2D eigenvalue weighted by Gasteiger charge is 2.25. The zero-order valence-electron chi connectivity index (χ0n) is 17.3. The van der Waals surface area contributed by atoms with Crippen LogP contribution in [0.4, 0.5) is 5.82 Å². The molecule has 0 atom stereocenters. The van der Waals surface area contributed by atoms with Gasteiger partial charge in [-0.05, 0) is 59.4 Å².